The largest absolute Gasteiger partial charge is 0.472 e. The van der Waals surface area contributed by atoms with Gasteiger partial charge in [-0.2, -0.15) is 0 Å². The molecule has 17 nitrogen and oxygen atoms in total. The molecule has 19 heteroatoms. The molecule has 0 bridgehead atoms. The van der Waals surface area contributed by atoms with Crippen LogP contribution in [0.15, 0.2) is 0 Å². The molecule has 0 aliphatic rings. The van der Waals surface area contributed by atoms with Crippen LogP contribution in [0.2, 0.25) is 0 Å². The summed E-state index contributed by atoms with van der Waals surface area (Å²) < 4.78 is 68.5. The van der Waals surface area contributed by atoms with Crippen LogP contribution in [-0.4, -0.2) is 96.7 Å². The molecular formula is C74H144O17P2. The van der Waals surface area contributed by atoms with Gasteiger partial charge in [0.2, 0.25) is 0 Å². The highest BCUT2D eigenvalue weighted by Crippen LogP contribution is 2.45. The Bertz CT molecular complexity index is 1830. The molecule has 0 saturated heterocycles. The monoisotopic (exact) mass is 1370 g/mol. The van der Waals surface area contributed by atoms with Gasteiger partial charge < -0.3 is 33.8 Å². The van der Waals surface area contributed by atoms with Gasteiger partial charge in [-0.25, -0.2) is 9.13 Å². The lowest BCUT2D eigenvalue weighted by molar-refractivity contribution is -0.161. The molecule has 0 aromatic rings. The van der Waals surface area contributed by atoms with Crippen LogP contribution in [0.1, 0.15) is 370 Å². The molecule has 3 N–H and O–H groups in total. The molecule has 5 atom stereocenters. The first-order chi connectivity index (χ1) is 44.6. The van der Waals surface area contributed by atoms with Gasteiger partial charge in [0.1, 0.15) is 19.3 Å². The normalized spacial score (nSPS) is 14.2. The first kappa shape index (κ1) is 91.1. The van der Waals surface area contributed by atoms with Gasteiger partial charge in [0.25, 0.3) is 0 Å². The number of hydrogen-bond donors (Lipinski definition) is 3. The molecule has 0 spiro atoms. The zero-order chi connectivity index (χ0) is 68.9. The fourth-order valence-corrected chi connectivity index (χ4v) is 12.8. The van der Waals surface area contributed by atoms with Crippen LogP contribution in [-0.2, 0) is 65.4 Å². The van der Waals surface area contributed by atoms with Crippen molar-refractivity contribution in [2.75, 3.05) is 39.6 Å². The molecule has 0 aromatic heterocycles. The Morgan fingerprint density at radius 3 is 0.667 bits per heavy atom. The van der Waals surface area contributed by atoms with Crippen molar-refractivity contribution in [2.24, 2.45) is 23.7 Å². The third-order valence-corrected chi connectivity index (χ3v) is 19.0. The smallest absolute Gasteiger partial charge is 0.462 e. The number of phosphoric ester groups is 2. The molecule has 0 fully saturated rings. The molecule has 93 heavy (non-hydrogen) atoms. The maximum atomic E-state index is 13.1. The number of phosphoric acid groups is 2. The van der Waals surface area contributed by atoms with Crippen molar-refractivity contribution in [3.05, 3.63) is 0 Å². The Hall–Kier alpha value is -1.94. The van der Waals surface area contributed by atoms with Crippen LogP contribution in [0.3, 0.4) is 0 Å². The predicted octanol–water partition coefficient (Wildman–Crippen LogP) is 21.3. The molecule has 0 aliphatic carbocycles. The molecule has 552 valence electrons. The average Bonchev–Trinajstić information content (AvgIpc) is 1.77. The van der Waals surface area contributed by atoms with Crippen molar-refractivity contribution in [3.63, 3.8) is 0 Å². The Morgan fingerprint density at radius 1 is 0.269 bits per heavy atom. The Morgan fingerprint density at radius 2 is 0.452 bits per heavy atom. The van der Waals surface area contributed by atoms with E-state index in [1.165, 1.54) is 167 Å². The summed E-state index contributed by atoms with van der Waals surface area (Å²) >= 11 is 0. The van der Waals surface area contributed by atoms with Gasteiger partial charge in [-0.3, -0.25) is 37.3 Å². The topological polar surface area (TPSA) is 237 Å². The van der Waals surface area contributed by atoms with E-state index >= 15 is 0 Å². The number of carbonyl (C=O) groups is 4. The first-order valence-electron chi connectivity index (χ1n) is 38.2. The average molecular weight is 1370 g/mol. The molecule has 3 unspecified atom stereocenters. The summed E-state index contributed by atoms with van der Waals surface area (Å²) in [5, 5.41) is 10.6. The van der Waals surface area contributed by atoms with Crippen molar-refractivity contribution < 1.29 is 80.2 Å². The number of aliphatic hydroxyl groups is 1. The predicted molar refractivity (Wildman–Crippen MR) is 377 cm³/mol. The van der Waals surface area contributed by atoms with E-state index in [2.05, 4.69) is 55.4 Å². The van der Waals surface area contributed by atoms with E-state index < -0.39 is 97.5 Å². The zero-order valence-corrected chi connectivity index (χ0v) is 62.7. The van der Waals surface area contributed by atoms with Crippen molar-refractivity contribution in [3.8, 4) is 0 Å². The fraction of sp³-hybridized carbons (Fsp3) is 0.946. The molecule has 0 aromatic carbocycles. The van der Waals surface area contributed by atoms with E-state index in [1.807, 2.05) is 0 Å². The molecular weight excluding hydrogens is 1220 g/mol. The Labute approximate surface area is 568 Å². The van der Waals surface area contributed by atoms with Crippen LogP contribution in [0, 0.1) is 23.7 Å². The van der Waals surface area contributed by atoms with E-state index in [4.69, 9.17) is 37.0 Å². The number of unbranched alkanes of at least 4 members (excludes halogenated alkanes) is 37. The summed E-state index contributed by atoms with van der Waals surface area (Å²) in [6.07, 6.45) is 47.2. The van der Waals surface area contributed by atoms with Gasteiger partial charge in [0.15, 0.2) is 12.2 Å². The lowest BCUT2D eigenvalue weighted by Crippen LogP contribution is -2.30. The minimum absolute atomic E-state index is 0.105. The summed E-state index contributed by atoms with van der Waals surface area (Å²) in [5.41, 5.74) is 0. The van der Waals surface area contributed by atoms with Gasteiger partial charge in [-0.1, -0.05) is 319 Å². The van der Waals surface area contributed by atoms with Crippen LogP contribution in [0.5, 0.6) is 0 Å². The fourth-order valence-electron chi connectivity index (χ4n) is 11.2. The summed E-state index contributed by atoms with van der Waals surface area (Å²) in [6, 6.07) is 0. The van der Waals surface area contributed by atoms with Crippen molar-refractivity contribution in [1.29, 1.82) is 0 Å². The third-order valence-electron chi connectivity index (χ3n) is 17.1. The summed E-state index contributed by atoms with van der Waals surface area (Å²) in [7, 11) is -9.91. The van der Waals surface area contributed by atoms with E-state index in [0.717, 1.165) is 114 Å². The van der Waals surface area contributed by atoms with Crippen LogP contribution < -0.4 is 0 Å². The minimum atomic E-state index is -4.96. The standard InChI is InChI=1S/C74H144O17P2/c1-64(2)50-42-34-26-19-13-9-10-16-23-31-40-48-56-73(78)90-69(60-84-71(76)54-46-38-30-22-17-11-14-20-27-35-43-51-65(3)4)62-88-92(80,81)86-58-68(75)59-87-93(82,83)89-63-70(61-85-72(77)55-47-39-33-25-29-37-45-53-67(7)8)91-74(79)57-49-41-32-24-18-12-15-21-28-36-44-52-66(5)6/h64-70,75H,9-63H2,1-8H3,(H,80,81)(H,82,83)/t68?,69-,70-/m1/s1. The van der Waals surface area contributed by atoms with E-state index in [0.29, 0.717) is 31.6 Å². The maximum absolute atomic E-state index is 13.1. The SMILES string of the molecule is CC(C)CCCCCCCCCCCCCCC(=O)O[C@H](COC(=O)CCCCCCCCCCCCCC(C)C)COP(=O)(O)OCC(O)COP(=O)(O)OC[C@@H](COC(=O)CCCCCCCCCC(C)C)OC(=O)CCCCCCCCCCCCCC(C)C. The number of carbonyl (C=O) groups excluding carboxylic acids is 4. The second-order valence-electron chi connectivity index (χ2n) is 28.6. The van der Waals surface area contributed by atoms with E-state index in [-0.39, 0.29) is 25.7 Å². The first-order valence-corrected chi connectivity index (χ1v) is 41.2. The highest BCUT2D eigenvalue weighted by Gasteiger charge is 2.30. The Kier molecular flexibility index (Phi) is 62.2. The number of ether oxygens (including phenoxy) is 4. The Balaban J connectivity index is 5.26. The highest BCUT2D eigenvalue weighted by molar-refractivity contribution is 7.47. The second kappa shape index (κ2) is 63.5. The molecule has 0 radical (unpaired) electrons. The van der Waals surface area contributed by atoms with Gasteiger partial charge in [-0.15, -0.1) is 0 Å². The number of rotatable bonds is 71. The molecule has 0 saturated carbocycles. The van der Waals surface area contributed by atoms with Crippen molar-refractivity contribution in [1.82, 2.24) is 0 Å². The van der Waals surface area contributed by atoms with Gasteiger partial charge in [0, 0.05) is 25.7 Å². The zero-order valence-electron chi connectivity index (χ0n) is 60.9. The van der Waals surface area contributed by atoms with Crippen LogP contribution in [0.25, 0.3) is 0 Å². The van der Waals surface area contributed by atoms with E-state index in [9.17, 15) is 43.2 Å². The molecule has 0 amide bonds. The van der Waals surface area contributed by atoms with Gasteiger partial charge in [0.05, 0.1) is 26.4 Å². The highest BCUT2D eigenvalue weighted by atomic mass is 31.2. The molecule has 0 heterocycles. The lowest BCUT2D eigenvalue weighted by atomic mass is 10.0. The molecule has 0 rings (SSSR count). The van der Waals surface area contributed by atoms with Crippen molar-refractivity contribution >= 4 is 39.5 Å². The summed E-state index contributed by atoms with van der Waals surface area (Å²) in [6.45, 7) is 14.1. The quantitative estimate of drug-likeness (QED) is 0.0222. The lowest BCUT2D eigenvalue weighted by Gasteiger charge is -2.21. The van der Waals surface area contributed by atoms with Gasteiger partial charge in [-0.05, 0) is 49.4 Å². The van der Waals surface area contributed by atoms with Crippen LogP contribution in [0.4, 0.5) is 0 Å². The van der Waals surface area contributed by atoms with Gasteiger partial charge >= 0.3 is 39.5 Å². The minimum Gasteiger partial charge on any atom is -0.462 e. The summed E-state index contributed by atoms with van der Waals surface area (Å²) in [5.74, 6) is 0.895. The number of esters is 4. The third kappa shape index (κ3) is 68.4. The number of aliphatic hydroxyl groups excluding tert-OH is 1. The second-order valence-corrected chi connectivity index (χ2v) is 31.5. The van der Waals surface area contributed by atoms with E-state index in [1.54, 1.807) is 0 Å². The molecule has 0 aliphatic heterocycles. The maximum Gasteiger partial charge on any atom is 0.472 e. The van der Waals surface area contributed by atoms with Crippen molar-refractivity contribution in [2.45, 2.75) is 388 Å². The summed E-state index contributed by atoms with van der Waals surface area (Å²) in [4.78, 5) is 72.7. The van der Waals surface area contributed by atoms with Crippen LogP contribution >= 0.6 is 15.6 Å². The number of hydrogen-bond acceptors (Lipinski definition) is 15.